The van der Waals surface area contributed by atoms with Crippen LogP contribution in [0, 0.1) is 5.41 Å². The Labute approximate surface area is 72.7 Å². The van der Waals surface area contributed by atoms with E-state index < -0.39 is 17.7 Å². The van der Waals surface area contributed by atoms with Crippen LogP contribution in [-0.2, 0) is 4.74 Å². The molecule has 12 heavy (non-hydrogen) atoms. The summed E-state index contributed by atoms with van der Waals surface area (Å²) in [5, 5.41) is 9.47. The summed E-state index contributed by atoms with van der Waals surface area (Å²) < 4.78 is 18.8. The van der Waals surface area contributed by atoms with Gasteiger partial charge >= 0.3 is 0 Å². The fraction of sp³-hybridized carbons (Fsp3) is 1.00. The second kappa shape index (κ2) is 3.30. The number of hydrogen-bond acceptors (Lipinski definition) is 2. The third kappa shape index (κ3) is 1.62. The van der Waals surface area contributed by atoms with Crippen LogP contribution in [-0.4, -0.2) is 30.1 Å². The molecule has 0 aromatic rings. The lowest BCUT2D eigenvalue weighted by Crippen LogP contribution is -2.52. The summed E-state index contributed by atoms with van der Waals surface area (Å²) in [7, 11) is 0. The molecule has 1 heterocycles. The Hall–Kier alpha value is -0.150. The zero-order valence-electron chi connectivity index (χ0n) is 7.88. The fourth-order valence-electron chi connectivity index (χ4n) is 1.51. The average molecular weight is 176 g/mol. The summed E-state index contributed by atoms with van der Waals surface area (Å²) >= 11 is 0. The van der Waals surface area contributed by atoms with Gasteiger partial charge in [0.2, 0.25) is 0 Å². The average Bonchev–Trinajstić information content (AvgIpc) is 2.01. The zero-order valence-corrected chi connectivity index (χ0v) is 7.88. The number of halogens is 1. The molecule has 72 valence electrons. The molecule has 0 aromatic heterocycles. The van der Waals surface area contributed by atoms with E-state index in [1.54, 1.807) is 13.8 Å². The van der Waals surface area contributed by atoms with Gasteiger partial charge in [-0.3, -0.25) is 0 Å². The van der Waals surface area contributed by atoms with Crippen molar-refractivity contribution in [3.05, 3.63) is 0 Å². The zero-order chi connectivity index (χ0) is 9.35. The van der Waals surface area contributed by atoms with E-state index in [4.69, 9.17) is 4.74 Å². The first-order chi connectivity index (χ1) is 5.49. The van der Waals surface area contributed by atoms with Gasteiger partial charge in [-0.25, -0.2) is 4.39 Å². The quantitative estimate of drug-likeness (QED) is 0.656. The van der Waals surface area contributed by atoms with Crippen LogP contribution in [0.4, 0.5) is 4.39 Å². The van der Waals surface area contributed by atoms with Crippen LogP contribution in [0.25, 0.3) is 0 Å². The molecule has 3 heteroatoms. The predicted octanol–water partition coefficient (Wildman–Crippen LogP) is 1.52. The minimum absolute atomic E-state index is 0.326. The number of alkyl halides is 1. The Bertz CT molecular complexity index is 159. The number of ether oxygens (including phenoxy) is 1. The van der Waals surface area contributed by atoms with Crippen molar-refractivity contribution < 1.29 is 14.2 Å². The molecule has 0 radical (unpaired) electrons. The van der Waals surface area contributed by atoms with Crippen molar-refractivity contribution in [2.75, 3.05) is 6.61 Å². The van der Waals surface area contributed by atoms with Crippen LogP contribution in [0.15, 0.2) is 0 Å². The van der Waals surface area contributed by atoms with E-state index in [1.165, 1.54) is 0 Å². The molecule has 0 aromatic carbocycles. The van der Waals surface area contributed by atoms with Crippen LogP contribution in [0.3, 0.4) is 0 Å². The van der Waals surface area contributed by atoms with Crippen molar-refractivity contribution in [1.82, 2.24) is 0 Å². The highest BCUT2D eigenvalue weighted by Crippen LogP contribution is 2.34. The molecule has 1 rings (SSSR count). The van der Waals surface area contributed by atoms with Gasteiger partial charge in [-0.15, -0.1) is 0 Å². The van der Waals surface area contributed by atoms with Gasteiger partial charge in [-0.2, -0.15) is 0 Å². The van der Waals surface area contributed by atoms with E-state index in [0.717, 1.165) is 0 Å². The smallest absolute Gasteiger partial charge is 0.136 e. The van der Waals surface area contributed by atoms with Crippen molar-refractivity contribution in [3.63, 3.8) is 0 Å². The largest absolute Gasteiger partial charge is 0.387 e. The Morgan fingerprint density at radius 1 is 1.58 bits per heavy atom. The first kappa shape index (κ1) is 9.93. The normalized spacial score (nSPS) is 41.2. The maximum absolute atomic E-state index is 13.5. The van der Waals surface area contributed by atoms with Gasteiger partial charge in [-0.05, 0) is 6.42 Å². The highest BCUT2D eigenvalue weighted by molar-refractivity contribution is 4.91. The van der Waals surface area contributed by atoms with Crippen molar-refractivity contribution in [2.24, 2.45) is 5.41 Å². The second-order valence-corrected chi connectivity index (χ2v) is 4.14. The standard InChI is InChI=1S/C9H17FO2/c1-4-6-7(11)8(10)9(2,3)5-12-6/h6-8,11H,4-5H2,1-3H3/t6-,7?,8-/m1/s1. The van der Waals surface area contributed by atoms with Gasteiger partial charge < -0.3 is 9.84 Å². The van der Waals surface area contributed by atoms with Gasteiger partial charge in [0.1, 0.15) is 12.3 Å². The van der Waals surface area contributed by atoms with Gasteiger partial charge in [0.15, 0.2) is 0 Å². The SMILES string of the molecule is CC[C@H]1OCC(C)(C)[C@H](F)C1O. The van der Waals surface area contributed by atoms with Crippen molar-refractivity contribution in [1.29, 1.82) is 0 Å². The highest BCUT2D eigenvalue weighted by atomic mass is 19.1. The number of aliphatic hydroxyl groups is 1. The van der Waals surface area contributed by atoms with E-state index in [2.05, 4.69) is 0 Å². The minimum atomic E-state index is -1.17. The van der Waals surface area contributed by atoms with Crippen molar-refractivity contribution in [2.45, 2.75) is 45.6 Å². The highest BCUT2D eigenvalue weighted by Gasteiger charge is 2.43. The molecular weight excluding hydrogens is 159 g/mol. The van der Waals surface area contributed by atoms with Crippen LogP contribution in [0.2, 0.25) is 0 Å². The number of rotatable bonds is 1. The topological polar surface area (TPSA) is 29.5 Å². The van der Waals surface area contributed by atoms with E-state index in [-0.39, 0.29) is 6.10 Å². The molecule has 0 saturated carbocycles. The van der Waals surface area contributed by atoms with E-state index in [9.17, 15) is 9.50 Å². The summed E-state index contributed by atoms with van der Waals surface area (Å²) in [5.74, 6) is 0. The lowest BCUT2D eigenvalue weighted by molar-refractivity contribution is -0.168. The van der Waals surface area contributed by atoms with Crippen molar-refractivity contribution >= 4 is 0 Å². The third-order valence-electron chi connectivity index (χ3n) is 2.50. The van der Waals surface area contributed by atoms with Crippen LogP contribution in [0.5, 0.6) is 0 Å². The van der Waals surface area contributed by atoms with Crippen molar-refractivity contribution in [3.8, 4) is 0 Å². The monoisotopic (exact) mass is 176 g/mol. The van der Waals surface area contributed by atoms with Crippen LogP contribution >= 0.6 is 0 Å². The van der Waals surface area contributed by atoms with Gasteiger partial charge in [0.25, 0.3) is 0 Å². The number of hydrogen-bond donors (Lipinski definition) is 1. The number of aliphatic hydroxyl groups excluding tert-OH is 1. The molecule has 1 N–H and O–H groups in total. The molecular formula is C9H17FO2. The van der Waals surface area contributed by atoms with E-state index in [0.29, 0.717) is 13.0 Å². The fourth-order valence-corrected chi connectivity index (χ4v) is 1.51. The Morgan fingerprint density at radius 3 is 2.67 bits per heavy atom. The Balaban J connectivity index is 2.65. The molecule has 3 atom stereocenters. The molecule has 1 fully saturated rings. The molecule has 1 aliphatic rings. The Kier molecular flexibility index (Phi) is 2.74. The van der Waals surface area contributed by atoms with Gasteiger partial charge in [0, 0.05) is 5.41 Å². The molecule has 1 unspecified atom stereocenters. The molecule has 1 aliphatic heterocycles. The summed E-state index contributed by atoms with van der Waals surface area (Å²) in [6.07, 6.45) is -1.79. The lowest BCUT2D eigenvalue weighted by atomic mass is 9.81. The molecule has 1 saturated heterocycles. The Morgan fingerprint density at radius 2 is 2.17 bits per heavy atom. The lowest BCUT2D eigenvalue weighted by Gasteiger charge is -2.41. The summed E-state index contributed by atoms with van der Waals surface area (Å²) in [6.45, 7) is 5.82. The van der Waals surface area contributed by atoms with Gasteiger partial charge in [0.05, 0.1) is 12.7 Å². The second-order valence-electron chi connectivity index (χ2n) is 4.14. The maximum Gasteiger partial charge on any atom is 0.136 e. The first-order valence-electron chi connectivity index (χ1n) is 4.43. The molecule has 0 spiro atoms. The van der Waals surface area contributed by atoms with Gasteiger partial charge in [-0.1, -0.05) is 20.8 Å². The third-order valence-corrected chi connectivity index (χ3v) is 2.50. The first-order valence-corrected chi connectivity index (χ1v) is 4.43. The van der Waals surface area contributed by atoms with Crippen LogP contribution in [0.1, 0.15) is 27.2 Å². The summed E-state index contributed by atoms with van der Waals surface area (Å²) in [5.41, 5.74) is -0.551. The van der Waals surface area contributed by atoms with E-state index in [1.807, 2.05) is 6.92 Å². The minimum Gasteiger partial charge on any atom is -0.387 e. The molecule has 0 amide bonds. The predicted molar refractivity (Wildman–Crippen MR) is 44.7 cm³/mol. The van der Waals surface area contributed by atoms with Crippen LogP contribution < -0.4 is 0 Å². The summed E-state index contributed by atoms with van der Waals surface area (Å²) in [4.78, 5) is 0. The molecule has 0 aliphatic carbocycles. The maximum atomic E-state index is 13.5. The summed E-state index contributed by atoms with van der Waals surface area (Å²) in [6, 6.07) is 0. The molecule has 0 bridgehead atoms. The van der Waals surface area contributed by atoms with E-state index >= 15 is 0 Å². The molecule has 2 nitrogen and oxygen atoms in total.